The summed E-state index contributed by atoms with van der Waals surface area (Å²) < 4.78 is 29.0. The summed E-state index contributed by atoms with van der Waals surface area (Å²) in [6.07, 6.45) is 0.268. The number of amides is 2. The third kappa shape index (κ3) is 8.16. The zero-order chi connectivity index (χ0) is 30.5. The number of hydrogen-bond donors (Lipinski definition) is 1. The summed E-state index contributed by atoms with van der Waals surface area (Å²) in [5.74, 6) is -0.975. The first kappa shape index (κ1) is 32.7. The molecular weight excluding hydrogens is 605 g/mol. The van der Waals surface area contributed by atoms with E-state index in [-0.39, 0.29) is 23.8 Å². The van der Waals surface area contributed by atoms with E-state index < -0.39 is 34.1 Å². The number of sulfonamides is 1. The molecule has 3 aromatic carbocycles. The van der Waals surface area contributed by atoms with E-state index in [4.69, 9.17) is 34.8 Å². The monoisotopic (exact) mass is 637 g/mol. The Hall–Kier alpha value is -2.78. The van der Waals surface area contributed by atoms with E-state index in [1.54, 1.807) is 56.3 Å². The maximum Gasteiger partial charge on any atom is 0.264 e. The maximum absolute atomic E-state index is 14.2. The van der Waals surface area contributed by atoms with Crippen LogP contribution >= 0.6 is 34.8 Å². The Morgan fingerprint density at radius 1 is 0.902 bits per heavy atom. The van der Waals surface area contributed by atoms with Crippen molar-refractivity contribution in [3.05, 3.63) is 92.9 Å². The first-order chi connectivity index (χ1) is 19.2. The Morgan fingerprint density at radius 2 is 1.49 bits per heavy atom. The molecular formula is C30H34Cl3N3O4S. The average Bonchev–Trinajstić information content (AvgIpc) is 2.88. The van der Waals surface area contributed by atoms with Crippen molar-refractivity contribution < 1.29 is 18.0 Å². The van der Waals surface area contributed by atoms with Crippen LogP contribution in [0.2, 0.25) is 15.1 Å². The van der Waals surface area contributed by atoms with E-state index in [1.165, 1.54) is 29.2 Å². The van der Waals surface area contributed by atoms with Gasteiger partial charge in [-0.2, -0.15) is 0 Å². The molecule has 220 valence electrons. The molecule has 0 heterocycles. The number of halogens is 3. The van der Waals surface area contributed by atoms with E-state index in [0.717, 1.165) is 4.31 Å². The minimum Gasteiger partial charge on any atom is -0.350 e. The highest BCUT2D eigenvalue weighted by molar-refractivity contribution is 7.92. The van der Waals surface area contributed by atoms with Crippen molar-refractivity contribution in [3.8, 4) is 0 Å². The van der Waals surface area contributed by atoms with Crippen LogP contribution in [0.1, 0.15) is 45.2 Å². The first-order valence-corrected chi connectivity index (χ1v) is 15.6. The van der Waals surface area contributed by atoms with E-state index in [1.807, 2.05) is 20.8 Å². The molecule has 3 aromatic rings. The second-order valence-corrected chi connectivity index (χ2v) is 13.8. The van der Waals surface area contributed by atoms with Gasteiger partial charge < -0.3 is 10.2 Å². The predicted molar refractivity (Wildman–Crippen MR) is 166 cm³/mol. The molecule has 0 aliphatic rings. The Morgan fingerprint density at radius 3 is 2.02 bits per heavy atom. The molecule has 3 rings (SSSR count). The Labute approximate surface area is 257 Å². The second-order valence-electron chi connectivity index (χ2n) is 10.6. The molecule has 1 unspecified atom stereocenters. The van der Waals surface area contributed by atoms with Crippen molar-refractivity contribution in [2.45, 2.75) is 64.1 Å². The number of benzene rings is 3. The van der Waals surface area contributed by atoms with Crippen LogP contribution in [0.5, 0.6) is 0 Å². The Balaban J connectivity index is 2.13. The highest BCUT2D eigenvalue weighted by Crippen LogP contribution is 2.30. The third-order valence-electron chi connectivity index (χ3n) is 6.34. The molecule has 0 aliphatic heterocycles. The van der Waals surface area contributed by atoms with Crippen LogP contribution in [-0.4, -0.2) is 43.3 Å². The molecule has 0 saturated carbocycles. The summed E-state index contributed by atoms with van der Waals surface area (Å²) in [5.41, 5.74) is 0.871. The molecule has 0 bridgehead atoms. The predicted octanol–water partition coefficient (Wildman–Crippen LogP) is 6.87. The molecule has 0 fully saturated rings. The van der Waals surface area contributed by atoms with E-state index in [0.29, 0.717) is 31.9 Å². The van der Waals surface area contributed by atoms with Crippen LogP contribution in [0.3, 0.4) is 0 Å². The molecule has 2 amide bonds. The minimum atomic E-state index is -4.22. The van der Waals surface area contributed by atoms with Crippen LogP contribution in [0.4, 0.5) is 5.69 Å². The highest BCUT2D eigenvalue weighted by Gasteiger charge is 2.35. The molecule has 41 heavy (non-hydrogen) atoms. The number of hydrogen-bond acceptors (Lipinski definition) is 4. The fourth-order valence-corrected chi connectivity index (χ4v) is 6.44. The molecule has 0 spiro atoms. The van der Waals surface area contributed by atoms with Gasteiger partial charge in [-0.25, -0.2) is 8.42 Å². The van der Waals surface area contributed by atoms with Gasteiger partial charge in [0.25, 0.3) is 10.0 Å². The lowest BCUT2D eigenvalue weighted by molar-refractivity contribution is -0.141. The van der Waals surface area contributed by atoms with Crippen molar-refractivity contribution >= 4 is 62.3 Å². The van der Waals surface area contributed by atoms with Crippen LogP contribution < -0.4 is 9.62 Å². The first-order valence-electron chi connectivity index (χ1n) is 13.0. The summed E-state index contributed by atoms with van der Waals surface area (Å²) >= 11 is 18.9. The number of para-hydroxylation sites is 1. The van der Waals surface area contributed by atoms with Gasteiger partial charge in [-0.05, 0) is 82.1 Å². The number of carbonyl (C=O) groups is 2. The normalized spacial score (nSPS) is 12.5. The SMILES string of the molecule is CCC(C(=O)NC(C)(C)C)N(Cc1c(Cl)cccc1Cl)C(=O)CN(c1ccccc1C)S(=O)(=O)c1ccc(Cl)cc1. The lowest BCUT2D eigenvalue weighted by atomic mass is 10.1. The number of carbonyl (C=O) groups excluding carboxylic acids is 2. The van der Waals surface area contributed by atoms with Gasteiger partial charge in [-0.15, -0.1) is 0 Å². The van der Waals surface area contributed by atoms with Crippen molar-refractivity contribution in [2.75, 3.05) is 10.8 Å². The van der Waals surface area contributed by atoms with Crippen LogP contribution in [-0.2, 0) is 26.2 Å². The third-order valence-corrected chi connectivity index (χ3v) is 9.07. The van der Waals surface area contributed by atoms with Gasteiger partial charge in [0.1, 0.15) is 12.6 Å². The van der Waals surface area contributed by atoms with E-state index in [9.17, 15) is 18.0 Å². The topological polar surface area (TPSA) is 86.8 Å². The molecule has 7 nitrogen and oxygen atoms in total. The minimum absolute atomic E-state index is 0.0313. The molecule has 0 radical (unpaired) electrons. The summed E-state index contributed by atoms with van der Waals surface area (Å²) in [6, 6.07) is 16.6. The van der Waals surface area contributed by atoms with Crippen LogP contribution in [0, 0.1) is 6.92 Å². The number of nitrogens with one attached hydrogen (secondary N) is 1. The zero-order valence-electron chi connectivity index (χ0n) is 23.6. The molecule has 0 aromatic heterocycles. The summed E-state index contributed by atoms with van der Waals surface area (Å²) in [4.78, 5) is 29.0. The molecule has 1 N–H and O–H groups in total. The molecule has 0 saturated heterocycles. The molecule has 0 aliphatic carbocycles. The number of anilines is 1. The van der Waals surface area contributed by atoms with Gasteiger partial charge in [0, 0.05) is 32.7 Å². The van der Waals surface area contributed by atoms with Crippen molar-refractivity contribution in [1.82, 2.24) is 10.2 Å². The van der Waals surface area contributed by atoms with Gasteiger partial charge in [-0.1, -0.05) is 66.0 Å². The summed E-state index contributed by atoms with van der Waals surface area (Å²) in [6.45, 7) is 8.39. The standard InChI is InChI=1S/C30H34Cl3N3O4S/c1-6-26(29(38)34-30(3,4)5)35(18-23-24(32)11-9-12-25(23)33)28(37)19-36(27-13-8-7-10-20(27)2)41(39,40)22-16-14-21(31)15-17-22/h7-17,26H,6,18-19H2,1-5H3,(H,34,38). The van der Waals surface area contributed by atoms with Gasteiger partial charge in [-0.3, -0.25) is 13.9 Å². The Kier molecular flexibility index (Phi) is 10.7. The van der Waals surface area contributed by atoms with Gasteiger partial charge in [0.05, 0.1) is 10.6 Å². The van der Waals surface area contributed by atoms with Crippen molar-refractivity contribution in [2.24, 2.45) is 0 Å². The van der Waals surface area contributed by atoms with E-state index >= 15 is 0 Å². The number of aryl methyl sites for hydroxylation is 1. The van der Waals surface area contributed by atoms with Gasteiger partial charge >= 0.3 is 0 Å². The van der Waals surface area contributed by atoms with E-state index in [2.05, 4.69) is 5.32 Å². The average molecular weight is 639 g/mol. The summed E-state index contributed by atoms with van der Waals surface area (Å²) in [5, 5.41) is 3.96. The lowest BCUT2D eigenvalue weighted by Gasteiger charge is -2.35. The van der Waals surface area contributed by atoms with Crippen LogP contribution in [0.25, 0.3) is 0 Å². The Bertz CT molecular complexity index is 1490. The van der Waals surface area contributed by atoms with Gasteiger partial charge in [0.15, 0.2) is 0 Å². The fraction of sp³-hybridized carbons (Fsp3) is 0.333. The smallest absolute Gasteiger partial charge is 0.264 e. The van der Waals surface area contributed by atoms with Crippen molar-refractivity contribution in [1.29, 1.82) is 0 Å². The fourth-order valence-electron chi connectivity index (χ4n) is 4.32. The number of nitrogens with zero attached hydrogens (tertiary/aromatic N) is 2. The zero-order valence-corrected chi connectivity index (χ0v) is 26.7. The van der Waals surface area contributed by atoms with Crippen LogP contribution in [0.15, 0.2) is 71.6 Å². The highest BCUT2D eigenvalue weighted by atomic mass is 35.5. The summed E-state index contributed by atoms with van der Waals surface area (Å²) in [7, 11) is -4.22. The quantitative estimate of drug-likeness (QED) is 0.263. The van der Waals surface area contributed by atoms with Gasteiger partial charge in [0.2, 0.25) is 11.8 Å². The maximum atomic E-state index is 14.2. The second kappa shape index (κ2) is 13.5. The molecule has 1 atom stereocenters. The number of rotatable bonds is 10. The largest absolute Gasteiger partial charge is 0.350 e. The van der Waals surface area contributed by atoms with Crippen molar-refractivity contribution in [3.63, 3.8) is 0 Å². The lowest BCUT2D eigenvalue weighted by Crippen LogP contribution is -2.55. The molecule has 11 heteroatoms.